The van der Waals surface area contributed by atoms with Crippen LogP contribution in [0.2, 0.25) is 0 Å². The predicted octanol–water partition coefficient (Wildman–Crippen LogP) is 1.01. The molecule has 1 unspecified atom stereocenters. The van der Waals surface area contributed by atoms with Crippen molar-refractivity contribution in [2.75, 3.05) is 13.1 Å². The molecule has 0 spiro atoms. The van der Waals surface area contributed by atoms with Crippen molar-refractivity contribution >= 4 is 18.2 Å². The number of ether oxygens (including phenoxy) is 1. The summed E-state index contributed by atoms with van der Waals surface area (Å²) in [6.07, 6.45) is 0.355. The maximum absolute atomic E-state index is 11.7. The summed E-state index contributed by atoms with van der Waals surface area (Å²) in [5.74, 6) is -0.795. The molecule has 1 rings (SSSR count). The molecule has 0 aromatic heterocycles. The molecule has 1 heterocycles. The van der Waals surface area contributed by atoms with Gasteiger partial charge in [0.2, 0.25) is 0 Å². The van der Waals surface area contributed by atoms with E-state index in [1.165, 1.54) is 4.90 Å². The van der Waals surface area contributed by atoms with Crippen LogP contribution in [-0.4, -0.2) is 41.8 Å². The molecule has 1 saturated heterocycles. The second kappa shape index (κ2) is 4.63. The summed E-state index contributed by atoms with van der Waals surface area (Å²) < 4.78 is 5.17. The predicted molar refractivity (Wildman–Crippen MR) is 57.0 cm³/mol. The first kappa shape index (κ1) is 12.7. The summed E-state index contributed by atoms with van der Waals surface area (Å²) in [5, 5.41) is 0. The first-order chi connectivity index (χ1) is 7.33. The van der Waals surface area contributed by atoms with Gasteiger partial charge in [-0.1, -0.05) is 0 Å². The smallest absolute Gasteiger partial charge is 0.410 e. The van der Waals surface area contributed by atoms with Gasteiger partial charge in [-0.2, -0.15) is 0 Å². The van der Waals surface area contributed by atoms with E-state index in [0.717, 1.165) is 0 Å². The fourth-order valence-corrected chi connectivity index (χ4v) is 1.47. The molecule has 0 N–H and O–H groups in total. The van der Waals surface area contributed by atoms with E-state index in [-0.39, 0.29) is 18.7 Å². The molecule has 1 aliphatic rings. The van der Waals surface area contributed by atoms with E-state index in [0.29, 0.717) is 12.8 Å². The zero-order valence-electron chi connectivity index (χ0n) is 9.86. The Morgan fingerprint density at radius 3 is 2.62 bits per heavy atom. The molecule has 1 fully saturated rings. The molecular weight excluding hydrogens is 210 g/mol. The quantitative estimate of drug-likeness (QED) is 0.495. The molecular formula is C11H17NO4. The largest absolute Gasteiger partial charge is 0.444 e. The summed E-state index contributed by atoms with van der Waals surface area (Å²) in [5.41, 5.74) is -0.560. The van der Waals surface area contributed by atoms with Crippen LogP contribution in [0, 0.1) is 5.92 Å². The third-order valence-corrected chi connectivity index (χ3v) is 2.27. The van der Waals surface area contributed by atoms with Gasteiger partial charge in [-0.05, 0) is 20.8 Å². The first-order valence-electron chi connectivity index (χ1n) is 5.29. The molecule has 0 aliphatic carbocycles. The fourth-order valence-electron chi connectivity index (χ4n) is 1.47. The van der Waals surface area contributed by atoms with Crippen molar-refractivity contribution in [3.05, 3.63) is 0 Å². The highest BCUT2D eigenvalue weighted by atomic mass is 16.6. The van der Waals surface area contributed by atoms with Crippen molar-refractivity contribution in [1.82, 2.24) is 4.90 Å². The van der Waals surface area contributed by atoms with Crippen molar-refractivity contribution < 1.29 is 19.1 Å². The Morgan fingerprint density at radius 2 is 2.12 bits per heavy atom. The van der Waals surface area contributed by atoms with E-state index in [2.05, 4.69) is 0 Å². The number of hydrogen-bond donors (Lipinski definition) is 0. The van der Waals surface area contributed by atoms with Crippen LogP contribution in [0.3, 0.4) is 0 Å². The molecule has 1 aliphatic heterocycles. The summed E-state index contributed by atoms with van der Waals surface area (Å²) in [7, 11) is 0. The number of Topliss-reactive ketones (excluding diaryl/α,β-unsaturated/α-hetero) is 1. The first-order valence-corrected chi connectivity index (χ1v) is 5.29. The fraction of sp³-hybridized carbons (Fsp3) is 0.727. The maximum atomic E-state index is 11.7. The van der Waals surface area contributed by atoms with E-state index in [1.807, 2.05) is 0 Å². The van der Waals surface area contributed by atoms with Crippen LogP contribution in [0.1, 0.15) is 27.2 Å². The number of ketones is 1. The number of nitrogens with zero attached hydrogens (tertiary/aromatic N) is 1. The molecule has 0 aromatic carbocycles. The second-order valence-electron chi connectivity index (χ2n) is 4.89. The van der Waals surface area contributed by atoms with Crippen LogP contribution in [0.15, 0.2) is 0 Å². The van der Waals surface area contributed by atoms with Crippen molar-refractivity contribution in [2.24, 2.45) is 5.92 Å². The van der Waals surface area contributed by atoms with Crippen LogP contribution >= 0.6 is 0 Å². The van der Waals surface area contributed by atoms with Gasteiger partial charge in [0.25, 0.3) is 0 Å². The molecule has 1 amide bonds. The van der Waals surface area contributed by atoms with Crippen molar-refractivity contribution in [2.45, 2.75) is 32.8 Å². The standard InChI is InChI=1S/C11H17NO4/c1-11(2,3)16-10(15)12-5-4-9(14)8(6-12)7-13/h7-8H,4-6H2,1-3H3. The minimum atomic E-state index is -0.693. The summed E-state index contributed by atoms with van der Waals surface area (Å²) >= 11 is 0. The lowest BCUT2D eigenvalue weighted by Gasteiger charge is -2.31. The van der Waals surface area contributed by atoms with Gasteiger partial charge < -0.3 is 14.4 Å². The van der Waals surface area contributed by atoms with Crippen LogP contribution < -0.4 is 0 Å². The van der Waals surface area contributed by atoms with Gasteiger partial charge in [-0.3, -0.25) is 4.79 Å². The van der Waals surface area contributed by atoms with Crippen LogP contribution in [0.4, 0.5) is 4.79 Å². The van der Waals surface area contributed by atoms with Gasteiger partial charge in [0.05, 0.1) is 5.92 Å². The van der Waals surface area contributed by atoms with Gasteiger partial charge in [-0.25, -0.2) is 4.79 Å². The zero-order chi connectivity index (χ0) is 12.3. The number of carbonyl (C=O) groups is 3. The molecule has 16 heavy (non-hydrogen) atoms. The number of likely N-dealkylation sites (tertiary alicyclic amines) is 1. The van der Waals surface area contributed by atoms with Crippen molar-refractivity contribution in [1.29, 1.82) is 0 Å². The molecule has 0 aromatic rings. The lowest BCUT2D eigenvalue weighted by atomic mass is 9.98. The second-order valence-corrected chi connectivity index (χ2v) is 4.89. The number of amides is 1. The lowest BCUT2D eigenvalue weighted by molar-refractivity contribution is -0.130. The Kier molecular flexibility index (Phi) is 3.67. The Bertz CT molecular complexity index is 306. The number of piperidine rings is 1. The van der Waals surface area contributed by atoms with Crippen molar-refractivity contribution in [3.8, 4) is 0 Å². The summed E-state index contributed by atoms with van der Waals surface area (Å²) in [6.45, 7) is 5.79. The molecule has 5 nitrogen and oxygen atoms in total. The number of carbonyl (C=O) groups excluding carboxylic acids is 3. The molecule has 5 heteroatoms. The third kappa shape index (κ3) is 3.32. The topological polar surface area (TPSA) is 63.7 Å². The SMILES string of the molecule is CC(C)(C)OC(=O)N1CCC(=O)C(C=O)C1. The molecule has 1 atom stereocenters. The molecule has 0 radical (unpaired) electrons. The third-order valence-electron chi connectivity index (χ3n) is 2.27. The molecule has 0 saturated carbocycles. The average molecular weight is 227 g/mol. The summed E-state index contributed by atoms with van der Waals surface area (Å²) in [4.78, 5) is 35.0. The maximum Gasteiger partial charge on any atom is 0.410 e. The van der Waals surface area contributed by atoms with E-state index >= 15 is 0 Å². The Morgan fingerprint density at radius 1 is 1.50 bits per heavy atom. The highest BCUT2D eigenvalue weighted by molar-refractivity contribution is 5.95. The minimum Gasteiger partial charge on any atom is -0.444 e. The summed E-state index contributed by atoms with van der Waals surface area (Å²) in [6, 6.07) is 0. The minimum absolute atomic E-state index is 0.102. The lowest BCUT2D eigenvalue weighted by Crippen LogP contribution is -2.46. The number of hydrogen-bond acceptors (Lipinski definition) is 4. The van der Waals surface area contributed by atoms with E-state index in [4.69, 9.17) is 4.74 Å². The highest BCUT2D eigenvalue weighted by Gasteiger charge is 2.31. The van der Waals surface area contributed by atoms with Crippen LogP contribution in [0.25, 0.3) is 0 Å². The van der Waals surface area contributed by atoms with Gasteiger partial charge in [0.15, 0.2) is 0 Å². The van der Waals surface area contributed by atoms with Gasteiger partial charge in [0.1, 0.15) is 17.7 Å². The Hall–Kier alpha value is -1.39. The average Bonchev–Trinajstić information content (AvgIpc) is 2.15. The number of rotatable bonds is 1. The Balaban J connectivity index is 2.59. The van der Waals surface area contributed by atoms with Gasteiger partial charge >= 0.3 is 6.09 Å². The molecule has 0 bridgehead atoms. The normalized spacial score (nSPS) is 21.8. The van der Waals surface area contributed by atoms with E-state index in [1.54, 1.807) is 20.8 Å². The van der Waals surface area contributed by atoms with Crippen LogP contribution in [0.5, 0.6) is 0 Å². The van der Waals surface area contributed by atoms with E-state index in [9.17, 15) is 14.4 Å². The zero-order valence-corrected chi connectivity index (χ0v) is 9.86. The van der Waals surface area contributed by atoms with Crippen LogP contribution in [-0.2, 0) is 14.3 Å². The van der Waals surface area contributed by atoms with Gasteiger partial charge in [0, 0.05) is 19.5 Å². The number of aldehydes is 1. The molecule has 90 valence electrons. The van der Waals surface area contributed by atoms with Gasteiger partial charge in [-0.15, -0.1) is 0 Å². The Labute approximate surface area is 94.7 Å². The monoisotopic (exact) mass is 227 g/mol. The highest BCUT2D eigenvalue weighted by Crippen LogP contribution is 2.15. The van der Waals surface area contributed by atoms with E-state index < -0.39 is 17.6 Å². The van der Waals surface area contributed by atoms with Crippen molar-refractivity contribution in [3.63, 3.8) is 0 Å².